The first kappa shape index (κ1) is 20.5. The Morgan fingerprint density at radius 2 is 2.03 bits per heavy atom. The molecule has 0 atom stereocenters. The predicted molar refractivity (Wildman–Crippen MR) is 101 cm³/mol. The minimum absolute atomic E-state index is 0.158. The number of benzene rings is 1. The largest absolute Gasteiger partial charge is 0.573 e. The second-order valence-electron chi connectivity index (χ2n) is 6.48. The van der Waals surface area contributed by atoms with E-state index < -0.39 is 18.0 Å². The summed E-state index contributed by atoms with van der Waals surface area (Å²) in [5, 5.41) is 5.28. The van der Waals surface area contributed by atoms with Gasteiger partial charge in [0.1, 0.15) is 5.75 Å². The van der Waals surface area contributed by atoms with E-state index in [0.717, 1.165) is 12.1 Å². The van der Waals surface area contributed by atoms with Crippen LogP contribution in [-0.4, -0.2) is 36.3 Å². The molecule has 10 heteroatoms. The van der Waals surface area contributed by atoms with Gasteiger partial charge in [-0.25, -0.2) is 0 Å². The highest BCUT2D eigenvalue weighted by Gasteiger charge is 2.32. The summed E-state index contributed by atoms with van der Waals surface area (Å²) in [6, 6.07) is 3.61. The highest BCUT2D eigenvalue weighted by molar-refractivity contribution is 6.35. The average Bonchev–Trinajstić information content (AvgIpc) is 3.08. The SMILES string of the molecule is Cc1[nH]c(/C=C2\C(=O)Nc3ccc(OC(F)(F)F)cc32)c(C)c1C(=O)NCCN. The number of fused-ring (bicyclic) bond motifs is 1. The van der Waals surface area contributed by atoms with Gasteiger partial charge in [0.2, 0.25) is 0 Å². The second-order valence-corrected chi connectivity index (χ2v) is 6.48. The number of carbonyl (C=O) groups excluding carboxylic acids is 2. The van der Waals surface area contributed by atoms with Crippen LogP contribution in [0.4, 0.5) is 18.9 Å². The number of hydrogen-bond acceptors (Lipinski definition) is 4. The van der Waals surface area contributed by atoms with Crippen LogP contribution in [0.25, 0.3) is 11.6 Å². The first-order valence-corrected chi connectivity index (χ1v) is 8.71. The number of H-pyrrole nitrogens is 1. The van der Waals surface area contributed by atoms with Gasteiger partial charge in [-0.1, -0.05) is 0 Å². The molecule has 0 radical (unpaired) electrons. The van der Waals surface area contributed by atoms with Crippen molar-refractivity contribution >= 4 is 29.2 Å². The van der Waals surface area contributed by atoms with Crippen molar-refractivity contribution in [3.05, 3.63) is 46.3 Å². The summed E-state index contributed by atoms with van der Waals surface area (Å²) >= 11 is 0. The van der Waals surface area contributed by atoms with Gasteiger partial charge in [0.25, 0.3) is 11.8 Å². The van der Waals surface area contributed by atoms with Crippen molar-refractivity contribution in [1.82, 2.24) is 10.3 Å². The van der Waals surface area contributed by atoms with E-state index >= 15 is 0 Å². The van der Waals surface area contributed by atoms with Gasteiger partial charge < -0.3 is 26.1 Å². The van der Waals surface area contributed by atoms with Crippen molar-refractivity contribution < 1.29 is 27.5 Å². The Kier molecular flexibility index (Phi) is 5.38. The Labute approximate surface area is 164 Å². The van der Waals surface area contributed by atoms with Crippen LogP contribution in [0.2, 0.25) is 0 Å². The monoisotopic (exact) mass is 408 g/mol. The first-order chi connectivity index (χ1) is 13.6. The number of hydrogen-bond donors (Lipinski definition) is 4. The number of halogens is 3. The van der Waals surface area contributed by atoms with E-state index in [9.17, 15) is 22.8 Å². The van der Waals surface area contributed by atoms with Crippen molar-refractivity contribution in [3.63, 3.8) is 0 Å². The van der Waals surface area contributed by atoms with E-state index in [1.54, 1.807) is 13.8 Å². The number of aromatic amines is 1. The van der Waals surface area contributed by atoms with Crippen LogP contribution < -0.4 is 21.1 Å². The number of rotatable bonds is 5. The first-order valence-electron chi connectivity index (χ1n) is 8.71. The molecule has 2 aromatic rings. The summed E-state index contributed by atoms with van der Waals surface area (Å²) in [5.74, 6) is -1.20. The maximum absolute atomic E-state index is 12.5. The van der Waals surface area contributed by atoms with Crippen molar-refractivity contribution in [2.24, 2.45) is 5.73 Å². The fourth-order valence-corrected chi connectivity index (χ4v) is 3.19. The van der Waals surface area contributed by atoms with E-state index in [1.807, 2.05) is 0 Å². The summed E-state index contributed by atoms with van der Waals surface area (Å²) < 4.78 is 41.5. The topological polar surface area (TPSA) is 109 Å². The number of aryl methyl sites for hydroxylation is 1. The van der Waals surface area contributed by atoms with Gasteiger partial charge in [0, 0.05) is 35.7 Å². The zero-order chi connectivity index (χ0) is 21.3. The number of alkyl halides is 3. The van der Waals surface area contributed by atoms with Gasteiger partial charge >= 0.3 is 6.36 Å². The maximum Gasteiger partial charge on any atom is 0.573 e. The summed E-state index contributed by atoms with van der Waals surface area (Å²) in [6.07, 6.45) is -3.34. The number of amides is 2. The molecule has 5 N–H and O–H groups in total. The molecule has 2 heterocycles. The quantitative estimate of drug-likeness (QED) is 0.571. The molecule has 0 fully saturated rings. The zero-order valence-electron chi connectivity index (χ0n) is 15.7. The lowest BCUT2D eigenvalue weighted by Crippen LogP contribution is -2.29. The van der Waals surface area contributed by atoms with Crippen LogP contribution in [0, 0.1) is 13.8 Å². The van der Waals surface area contributed by atoms with Crippen LogP contribution in [0.1, 0.15) is 32.9 Å². The fourth-order valence-electron chi connectivity index (χ4n) is 3.19. The Balaban J connectivity index is 1.99. The van der Waals surface area contributed by atoms with Crippen LogP contribution in [0.5, 0.6) is 5.75 Å². The molecule has 154 valence electrons. The third kappa shape index (κ3) is 4.27. The van der Waals surface area contributed by atoms with E-state index in [1.165, 1.54) is 12.1 Å². The van der Waals surface area contributed by atoms with E-state index in [-0.39, 0.29) is 17.0 Å². The standard InChI is InChI=1S/C19H19F3N4O3/c1-9-15(25-10(2)16(9)18(28)24-6-5-23)8-13-12-7-11(29-19(20,21)22)3-4-14(12)26-17(13)27/h3-4,7-8,25H,5-6,23H2,1-2H3,(H,24,28)(H,26,27)/b13-8-. The molecule has 1 aromatic heterocycles. The third-order valence-corrected chi connectivity index (χ3v) is 4.43. The van der Waals surface area contributed by atoms with Gasteiger partial charge in [-0.15, -0.1) is 13.2 Å². The maximum atomic E-state index is 12.5. The molecule has 0 saturated carbocycles. The number of ether oxygens (including phenoxy) is 1. The molecule has 0 saturated heterocycles. The number of nitrogens with one attached hydrogen (secondary N) is 3. The normalized spacial score (nSPS) is 14.7. The molecule has 1 aromatic carbocycles. The summed E-state index contributed by atoms with van der Waals surface area (Å²) in [4.78, 5) is 27.7. The van der Waals surface area contributed by atoms with E-state index in [4.69, 9.17) is 5.73 Å². The van der Waals surface area contributed by atoms with Gasteiger partial charge in [0.15, 0.2) is 0 Å². The van der Waals surface area contributed by atoms with Gasteiger partial charge in [0.05, 0.1) is 11.1 Å². The molecule has 0 unspecified atom stereocenters. The lowest BCUT2D eigenvalue weighted by molar-refractivity contribution is -0.274. The molecular formula is C19H19F3N4O3. The Bertz CT molecular complexity index is 1010. The van der Waals surface area contributed by atoms with E-state index in [0.29, 0.717) is 41.3 Å². The lowest BCUT2D eigenvalue weighted by atomic mass is 10.0. The lowest BCUT2D eigenvalue weighted by Gasteiger charge is -2.09. The zero-order valence-corrected chi connectivity index (χ0v) is 15.7. The third-order valence-electron chi connectivity index (χ3n) is 4.43. The van der Waals surface area contributed by atoms with Gasteiger partial charge in [-0.05, 0) is 43.7 Å². The minimum Gasteiger partial charge on any atom is -0.406 e. The van der Waals surface area contributed by atoms with Gasteiger partial charge in [-0.2, -0.15) is 0 Å². The summed E-state index contributed by atoms with van der Waals surface area (Å²) in [7, 11) is 0. The Morgan fingerprint density at radius 3 is 2.69 bits per heavy atom. The molecule has 2 amide bonds. The summed E-state index contributed by atoms with van der Waals surface area (Å²) in [6.45, 7) is 4.04. The molecule has 0 aliphatic carbocycles. The molecule has 3 rings (SSSR count). The molecule has 1 aliphatic rings. The minimum atomic E-state index is -4.84. The molecule has 1 aliphatic heterocycles. The van der Waals surface area contributed by atoms with Crippen molar-refractivity contribution in [2.45, 2.75) is 20.2 Å². The highest BCUT2D eigenvalue weighted by Crippen LogP contribution is 2.37. The van der Waals surface area contributed by atoms with Crippen molar-refractivity contribution in [1.29, 1.82) is 0 Å². The Morgan fingerprint density at radius 1 is 1.31 bits per heavy atom. The van der Waals surface area contributed by atoms with Crippen LogP contribution >= 0.6 is 0 Å². The number of carbonyl (C=O) groups is 2. The average molecular weight is 408 g/mol. The second kappa shape index (κ2) is 7.63. The number of aromatic nitrogens is 1. The smallest absolute Gasteiger partial charge is 0.406 e. The van der Waals surface area contributed by atoms with Crippen molar-refractivity contribution in [2.75, 3.05) is 18.4 Å². The fraction of sp³-hybridized carbons (Fsp3) is 0.263. The van der Waals surface area contributed by atoms with Crippen LogP contribution in [-0.2, 0) is 4.79 Å². The van der Waals surface area contributed by atoms with E-state index in [2.05, 4.69) is 20.4 Å². The molecule has 7 nitrogen and oxygen atoms in total. The Hall–Kier alpha value is -3.27. The summed E-state index contributed by atoms with van der Waals surface area (Å²) in [5.41, 5.74) is 8.33. The molecule has 29 heavy (non-hydrogen) atoms. The highest BCUT2D eigenvalue weighted by atomic mass is 19.4. The molecule has 0 spiro atoms. The van der Waals surface area contributed by atoms with Gasteiger partial charge in [-0.3, -0.25) is 9.59 Å². The molecule has 0 bridgehead atoms. The predicted octanol–water partition coefficient (Wildman–Crippen LogP) is 2.71. The molecular weight excluding hydrogens is 389 g/mol. The van der Waals surface area contributed by atoms with Crippen molar-refractivity contribution in [3.8, 4) is 5.75 Å². The van der Waals surface area contributed by atoms with Crippen LogP contribution in [0.15, 0.2) is 18.2 Å². The van der Waals surface area contributed by atoms with Crippen LogP contribution in [0.3, 0.4) is 0 Å². The number of nitrogens with two attached hydrogens (primary N) is 1. The number of anilines is 1.